The van der Waals surface area contributed by atoms with Gasteiger partial charge in [0.05, 0.1) is 9.95 Å². The summed E-state index contributed by atoms with van der Waals surface area (Å²) in [5.74, 6) is -0.336. The smallest absolute Gasteiger partial charge is 0.294 e. The number of anilines is 1. The molecular weight excluding hydrogens is 284 g/mol. The van der Waals surface area contributed by atoms with Gasteiger partial charge in [-0.1, -0.05) is 11.6 Å². The number of nitro benzene ring substituents is 1. The first-order chi connectivity index (χ1) is 9.23. The summed E-state index contributed by atoms with van der Waals surface area (Å²) in [7, 11) is 5.41. The number of nitrogens with two attached hydrogens (primary N) is 1. The van der Waals surface area contributed by atoms with Gasteiger partial charge in [0, 0.05) is 31.8 Å². The van der Waals surface area contributed by atoms with Crippen LogP contribution in [0, 0.1) is 10.1 Å². The third-order valence-corrected chi connectivity index (χ3v) is 3.09. The van der Waals surface area contributed by atoms with E-state index in [1.807, 2.05) is 19.0 Å². The molecule has 0 unspecified atom stereocenters. The SMILES string of the molecule is CN(C)CCN(C)C(=O)c1cc(Cl)c(N)c([N+](=O)[O-])c1. The van der Waals surface area contributed by atoms with Gasteiger partial charge in [-0.3, -0.25) is 14.9 Å². The Morgan fingerprint density at radius 1 is 1.35 bits per heavy atom. The Hall–Kier alpha value is -1.86. The van der Waals surface area contributed by atoms with Crippen molar-refractivity contribution in [3.63, 3.8) is 0 Å². The van der Waals surface area contributed by atoms with Gasteiger partial charge in [-0.2, -0.15) is 0 Å². The molecule has 0 saturated carbocycles. The second-order valence-corrected chi connectivity index (χ2v) is 5.09. The lowest BCUT2D eigenvalue weighted by molar-refractivity contribution is -0.383. The molecule has 2 N–H and O–H groups in total. The number of nitrogen functional groups attached to an aromatic ring is 1. The molecule has 0 atom stereocenters. The molecule has 0 aliphatic heterocycles. The van der Waals surface area contributed by atoms with Crippen LogP contribution in [0.25, 0.3) is 0 Å². The van der Waals surface area contributed by atoms with Crippen molar-refractivity contribution in [3.8, 4) is 0 Å². The Balaban J connectivity index is 3.02. The van der Waals surface area contributed by atoms with E-state index in [1.54, 1.807) is 7.05 Å². The van der Waals surface area contributed by atoms with Gasteiger partial charge in [-0.15, -0.1) is 0 Å². The summed E-state index contributed by atoms with van der Waals surface area (Å²) >= 11 is 5.83. The maximum absolute atomic E-state index is 12.2. The molecule has 0 saturated heterocycles. The Kier molecular flexibility index (Phi) is 5.29. The molecule has 7 nitrogen and oxygen atoms in total. The van der Waals surface area contributed by atoms with E-state index in [9.17, 15) is 14.9 Å². The molecular formula is C12H17ClN4O3. The molecule has 0 aromatic heterocycles. The fourth-order valence-corrected chi connectivity index (χ4v) is 1.76. The molecule has 20 heavy (non-hydrogen) atoms. The minimum atomic E-state index is -0.655. The number of halogens is 1. The van der Waals surface area contributed by atoms with E-state index < -0.39 is 4.92 Å². The average Bonchev–Trinajstić information content (AvgIpc) is 2.37. The largest absolute Gasteiger partial charge is 0.392 e. The highest BCUT2D eigenvalue weighted by Crippen LogP contribution is 2.31. The number of benzene rings is 1. The highest BCUT2D eigenvalue weighted by atomic mass is 35.5. The second kappa shape index (κ2) is 6.53. The van der Waals surface area contributed by atoms with Crippen molar-refractivity contribution >= 4 is 28.9 Å². The predicted octanol–water partition coefficient (Wildman–Crippen LogP) is 1.46. The van der Waals surface area contributed by atoms with Gasteiger partial charge in [-0.25, -0.2) is 0 Å². The van der Waals surface area contributed by atoms with Crippen LogP contribution in [-0.4, -0.2) is 54.9 Å². The van der Waals surface area contributed by atoms with E-state index in [2.05, 4.69) is 0 Å². The van der Waals surface area contributed by atoms with Crippen LogP contribution in [0.15, 0.2) is 12.1 Å². The maximum Gasteiger partial charge on any atom is 0.294 e. The molecule has 1 amide bonds. The van der Waals surface area contributed by atoms with E-state index in [4.69, 9.17) is 17.3 Å². The number of carbonyl (C=O) groups excluding carboxylic acids is 1. The van der Waals surface area contributed by atoms with Crippen LogP contribution >= 0.6 is 11.6 Å². The molecule has 1 aromatic rings. The molecule has 8 heteroatoms. The minimum Gasteiger partial charge on any atom is -0.392 e. The molecule has 0 heterocycles. The van der Waals surface area contributed by atoms with Crippen molar-refractivity contribution in [1.29, 1.82) is 0 Å². The van der Waals surface area contributed by atoms with Crippen molar-refractivity contribution in [2.75, 3.05) is 40.0 Å². The zero-order valence-corrected chi connectivity index (χ0v) is 12.3. The van der Waals surface area contributed by atoms with Crippen LogP contribution in [0.4, 0.5) is 11.4 Å². The van der Waals surface area contributed by atoms with Crippen molar-refractivity contribution in [2.24, 2.45) is 0 Å². The van der Waals surface area contributed by atoms with Gasteiger partial charge in [0.25, 0.3) is 11.6 Å². The summed E-state index contributed by atoms with van der Waals surface area (Å²) in [6, 6.07) is 2.49. The summed E-state index contributed by atoms with van der Waals surface area (Å²) in [6.45, 7) is 1.19. The summed E-state index contributed by atoms with van der Waals surface area (Å²) in [4.78, 5) is 25.8. The van der Waals surface area contributed by atoms with E-state index >= 15 is 0 Å². The monoisotopic (exact) mass is 300 g/mol. The van der Waals surface area contributed by atoms with Gasteiger partial charge in [0.1, 0.15) is 5.69 Å². The van der Waals surface area contributed by atoms with Crippen LogP contribution < -0.4 is 5.73 Å². The van der Waals surface area contributed by atoms with Gasteiger partial charge >= 0.3 is 0 Å². The normalized spacial score (nSPS) is 10.7. The first-order valence-electron chi connectivity index (χ1n) is 5.87. The quantitative estimate of drug-likeness (QED) is 0.505. The molecule has 0 spiro atoms. The van der Waals surface area contributed by atoms with Crippen LogP contribution in [0.5, 0.6) is 0 Å². The average molecular weight is 301 g/mol. The molecule has 1 rings (SSSR count). The standard InChI is InChI=1S/C12H17ClN4O3/c1-15(2)4-5-16(3)12(18)8-6-9(13)11(14)10(7-8)17(19)20/h6-7H,4-5,14H2,1-3H3. The zero-order chi connectivity index (χ0) is 15.4. The first-order valence-corrected chi connectivity index (χ1v) is 6.25. The van der Waals surface area contributed by atoms with Crippen LogP contribution in [0.3, 0.4) is 0 Å². The lowest BCUT2D eigenvalue weighted by Gasteiger charge is -2.19. The van der Waals surface area contributed by atoms with Crippen LogP contribution in [0.1, 0.15) is 10.4 Å². The topological polar surface area (TPSA) is 92.7 Å². The van der Waals surface area contributed by atoms with Crippen molar-refractivity contribution in [2.45, 2.75) is 0 Å². The first kappa shape index (κ1) is 16.2. The van der Waals surface area contributed by atoms with Gasteiger partial charge < -0.3 is 15.5 Å². The molecule has 0 aliphatic carbocycles. The molecule has 1 aromatic carbocycles. The van der Waals surface area contributed by atoms with E-state index in [-0.39, 0.29) is 27.9 Å². The minimum absolute atomic E-state index is 0.00330. The summed E-state index contributed by atoms with van der Waals surface area (Å²) < 4.78 is 0. The van der Waals surface area contributed by atoms with E-state index in [1.165, 1.54) is 11.0 Å². The number of hydrogen-bond acceptors (Lipinski definition) is 5. The van der Waals surface area contributed by atoms with Crippen LogP contribution in [-0.2, 0) is 0 Å². The number of carbonyl (C=O) groups is 1. The number of likely N-dealkylation sites (N-methyl/N-ethyl adjacent to an activating group) is 2. The number of nitrogens with zero attached hydrogens (tertiary/aromatic N) is 3. The molecule has 0 bridgehead atoms. The van der Waals surface area contributed by atoms with E-state index in [0.717, 1.165) is 6.07 Å². The predicted molar refractivity (Wildman–Crippen MR) is 78.0 cm³/mol. The zero-order valence-electron chi connectivity index (χ0n) is 11.6. The fourth-order valence-electron chi connectivity index (χ4n) is 1.55. The second-order valence-electron chi connectivity index (χ2n) is 4.68. The Morgan fingerprint density at radius 3 is 2.45 bits per heavy atom. The Labute approximate surface area is 122 Å². The van der Waals surface area contributed by atoms with Crippen molar-refractivity contribution in [1.82, 2.24) is 9.80 Å². The number of amides is 1. The lowest BCUT2D eigenvalue weighted by atomic mass is 10.1. The summed E-state index contributed by atoms with van der Waals surface area (Å²) in [6.07, 6.45) is 0. The van der Waals surface area contributed by atoms with Crippen LogP contribution in [0.2, 0.25) is 5.02 Å². The third-order valence-electron chi connectivity index (χ3n) is 2.78. The third kappa shape index (κ3) is 3.82. The number of hydrogen-bond donors (Lipinski definition) is 1. The van der Waals surface area contributed by atoms with Crippen molar-refractivity contribution in [3.05, 3.63) is 32.8 Å². The molecule has 0 radical (unpaired) electrons. The lowest BCUT2D eigenvalue weighted by Crippen LogP contribution is -2.33. The van der Waals surface area contributed by atoms with Gasteiger partial charge in [0.2, 0.25) is 0 Å². The van der Waals surface area contributed by atoms with Crippen molar-refractivity contribution < 1.29 is 9.72 Å². The number of rotatable bonds is 5. The molecule has 0 aliphatic rings. The summed E-state index contributed by atoms with van der Waals surface area (Å²) in [5.41, 5.74) is 5.18. The Bertz CT molecular complexity index is 534. The maximum atomic E-state index is 12.2. The van der Waals surface area contributed by atoms with E-state index in [0.29, 0.717) is 13.1 Å². The molecule has 0 fully saturated rings. The highest BCUT2D eigenvalue weighted by Gasteiger charge is 2.21. The highest BCUT2D eigenvalue weighted by molar-refractivity contribution is 6.34. The van der Waals surface area contributed by atoms with Gasteiger partial charge in [-0.05, 0) is 20.2 Å². The number of nitro groups is 1. The fraction of sp³-hybridized carbons (Fsp3) is 0.417. The molecule has 110 valence electrons. The summed E-state index contributed by atoms with van der Waals surface area (Å²) in [5, 5.41) is 10.9. The Morgan fingerprint density at radius 2 is 1.95 bits per heavy atom. The van der Waals surface area contributed by atoms with Gasteiger partial charge in [0.15, 0.2) is 0 Å².